The molecule has 6 nitrogen and oxygen atoms in total. The van der Waals surface area contributed by atoms with E-state index in [1.54, 1.807) is 54.8 Å². The van der Waals surface area contributed by atoms with Crippen LogP contribution in [0.3, 0.4) is 0 Å². The molecule has 0 spiro atoms. The number of nitrogens with one attached hydrogen (secondary N) is 1. The molecule has 1 N–H and O–H groups in total. The molecule has 0 unspecified atom stereocenters. The van der Waals surface area contributed by atoms with E-state index in [1.165, 1.54) is 23.5 Å². The lowest BCUT2D eigenvalue weighted by molar-refractivity contribution is 0.102. The molecule has 0 aliphatic heterocycles. The van der Waals surface area contributed by atoms with Crippen molar-refractivity contribution in [3.8, 4) is 16.5 Å². The number of halogens is 1. The highest BCUT2D eigenvalue weighted by Crippen LogP contribution is 2.27. The average molecular weight is 395 g/mol. The van der Waals surface area contributed by atoms with Crippen molar-refractivity contribution in [1.82, 2.24) is 10.2 Å². The molecule has 0 aliphatic carbocycles. The summed E-state index contributed by atoms with van der Waals surface area (Å²) in [5.74, 6) is 0.326. The monoisotopic (exact) mass is 395 g/mol. The maximum Gasteiger partial charge on any atom is 0.261 e. The van der Waals surface area contributed by atoms with Crippen molar-refractivity contribution < 1.29 is 18.3 Å². The first-order valence-corrected chi connectivity index (χ1v) is 9.16. The first-order valence-electron chi connectivity index (χ1n) is 8.34. The van der Waals surface area contributed by atoms with Crippen molar-refractivity contribution in [2.75, 3.05) is 5.32 Å². The van der Waals surface area contributed by atoms with Crippen molar-refractivity contribution >= 4 is 22.4 Å². The molecule has 1 amide bonds. The molecule has 8 heteroatoms. The van der Waals surface area contributed by atoms with Gasteiger partial charge in [-0.2, -0.15) is 0 Å². The Morgan fingerprint density at radius 2 is 1.89 bits per heavy atom. The standard InChI is InChI=1S/C20H14FN3O3S/c21-14-9-7-13(8-10-14)12-27-16-5-2-1-4-15(16)18(25)22-20-24-23-19(28-20)17-6-3-11-26-17/h1-11H,12H2,(H,22,24,25). The molecule has 2 heterocycles. The van der Waals surface area contributed by atoms with E-state index in [-0.39, 0.29) is 18.3 Å². The molecular weight excluding hydrogens is 381 g/mol. The van der Waals surface area contributed by atoms with Crippen molar-refractivity contribution in [2.24, 2.45) is 0 Å². The Hall–Kier alpha value is -3.52. The zero-order chi connectivity index (χ0) is 19.3. The number of rotatable bonds is 6. The van der Waals surface area contributed by atoms with E-state index in [0.29, 0.717) is 27.2 Å². The van der Waals surface area contributed by atoms with Crippen LogP contribution in [0, 0.1) is 5.82 Å². The number of anilines is 1. The van der Waals surface area contributed by atoms with Gasteiger partial charge in [0.15, 0.2) is 10.8 Å². The van der Waals surface area contributed by atoms with Crippen LogP contribution in [0.1, 0.15) is 15.9 Å². The van der Waals surface area contributed by atoms with E-state index in [1.807, 2.05) is 0 Å². The smallest absolute Gasteiger partial charge is 0.261 e. The largest absolute Gasteiger partial charge is 0.488 e. The van der Waals surface area contributed by atoms with Crippen molar-refractivity contribution in [2.45, 2.75) is 6.61 Å². The van der Waals surface area contributed by atoms with Crippen molar-refractivity contribution in [1.29, 1.82) is 0 Å². The van der Waals surface area contributed by atoms with E-state index < -0.39 is 0 Å². The Morgan fingerprint density at radius 3 is 2.68 bits per heavy atom. The number of carbonyl (C=O) groups excluding carboxylic acids is 1. The minimum Gasteiger partial charge on any atom is -0.488 e. The maximum atomic E-state index is 13.0. The highest BCUT2D eigenvalue weighted by molar-refractivity contribution is 7.18. The number of carbonyl (C=O) groups is 1. The lowest BCUT2D eigenvalue weighted by Crippen LogP contribution is -2.13. The van der Waals surface area contributed by atoms with Gasteiger partial charge in [-0.05, 0) is 42.0 Å². The molecule has 4 rings (SSSR count). The van der Waals surface area contributed by atoms with E-state index >= 15 is 0 Å². The van der Waals surface area contributed by atoms with Crippen LogP contribution in [-0.2, 0) is 6.61 Å². The van der Waals surface area contributed by atoms with E-state index in [4.69, 9.17) is 9.15 Å². The molecule has 140 valence electrons. The average Bonchev–Trinajstić information content (AvgIpc) is 3.39. The van der Waals surface area contributed by atoms with Crippen molar-refractivity contribution in [3.63, 3.8) is 0 Å². The van der Waals surface area contributed by atoms with Gasteiger partial charge in [-0.1, -0.05) is 35.6 Å². The third-order valence-electron chi connectivity index (χ3n) is 3.82. The molecule has 2 aromatic heterocycles. The van der Waals surface area contributed by atoms with E-state index in [9.17, 15) is 9.18 Å². The van der Waals surface area contributed by atoms with Crippen LogP contribution < -0.4 is 10.1 Å². The summed E-state index contributed by atoms with van der Waals surface area (Å²) in [4.78, 5) is 12.7. The maximum absolute atomic E-state index is 13.0. The fraction of sp³-hybridized carbons (Fsp3) is 0.0500. The summed E-state index contributed by atoms with van der Waals surface area (Å²) in [5, 5.41) is 11.6. The molecule has 0 saturated heterocycles. The van der Waals surface area contributed by atoms with Crippen molar-refractivity contribution in [3.05, 3.63) is 83.9 Å². The second kappa shape index (κ2) is 8.01. The summed E-state index contributed by atoms with van der Waals surface area (Å²) >= 11 is 1.21. The zero-order valence-electron chi connectivity index (χ0n) is 14.5. The Labute approximate surface area is 163 Å². The number of nitrogens with zero attached hydrogens (tertiary/aromatic N) is 2. The molecule has 0 atom stereocenters. The first kappa shape index (κ1) is 17.9. The molecule has 0 radical (unpaired) electrons. The number of hydrogen-bond donors (Lipinski definition) is 1. The highest BCUT2D eigenvalue weighted by atomic mass is 32.1. The van der Waals surface area contributed by atoms with Crippen LogP contribution in [0.25, 0.3) is 10.8 Å². The minimum absolute atomic E-state index is 0.214. The SMILES string of the molecule is O=C(Nc1nnc(-c2ccco2)s1)c1ccccc1OCc1ccc(F)cc1. The highest BCUT2D eigenvalue weighted by Gasteiger charge is 2.16. The number of aromatic nitrogens is 2. The molecule has 28 heavy (non-hydrogen) atoms. The van der Waals surface area contributed by atoms with E-state index in [0.717, 1.165) is 5.56 Å². The van der Waals surface area contributed by atoms with Gasteiger partial charge in [0.1, 0.15) is 18.2 Å². The Bertz CT molecular complexity index is 1080. The molecule has 4 aromatic rings. The van der Waals surface area contributed by atoms with Gasteiger partial charge in [-0.15, -0.1) is 10.2 Å². The van der Waals surface area contributed by atoms with Crippen LogP contribution in [-0.4, -0.2) is 16.1 Å². The lowest BCUT2D eigenvalue weighted by Gasteiger charge is -2.11. The molecule has 0 bridgehead atoms. The summed E-state index contributed by atoms with van der Waals surface area (Å²) in [6, 6.07) is 16.4. The number of para-hydroxylation sites is 1. The van der Waals surface area contributed by atoms with Crippen LogP contribution in [0.5, 0.6) is 5.75 Å². The molecule has 0 saturated carbocycles. The summed E-state index contributed by atoms with van der Waals surface area (Å²) in [6.07, 6.45) is 1.55. The lowest BCUT2D eigenvalue weighted by atomic mass is 10.2. The summed E-state index contributed by atoms with van der Waals surface area (Å²) in [7, 11) is 0. The number of benzene rings is 2. The van der Waals surface area contributed by atoms with Gasteiger partial charge in [0.2, 0.25) is 5.13 Å². The normalized spacial score (nSPS) is 10.6. The fourth-order valence-corrected chi connectivity index (χ4v) is 3.17. The molecular formula is C20H14FN3O3S. The van der Waals surface area contributed by atoms with Crippen LogP contribution in [0.4, 0.5) is 9.52 Å². The number of furan rings is 1. The quantitative estimate of drug-likeness (QED) is 0.509. The summed E-state index contributed by atoms with van der Waals surface area (Å²) in [5.41, 5.74) is 1.16. The second-order valence-corrected chi connectivity index (χ2v) is 6.73. The van der Waals surface area contributed by atoms with Crippen LogP contribution in [0.15, 0.2) is 71.3 Å². The van der Waals surface area contributed by atoms with Gasteiger partial charge in [0.05, 0.1) is 11.8 Å². The third-order valence-corrected chi connectivity index (χ3v) is 4.67. The van der Waals surface area contributed by atoms with Gasteiger partial charge in [0.25, 0.3) is 5.91 Å². The van der Waals surface area contributed by atoms with Gasteiger partial charge in [-0.25, -0.2) is 4.39 Å². The predicted molar refractivity (Wildman–Crippen MR) is 103 cm³/mol. The Balaban J connectivity index is 1.46. The Kier molecular flexibility index (Phi) is 5.11. The zero-order valence-corrected chi connectivity index (χ0v) is 15.3. The molecule has 2 aromatic carbocycles. The molecule has 0 fully saturated rings. The predicted octanol–water partition coefficient (Wildman–Crippen LogP) is 4.77. The molecule has 0 aliphatic rings. The number of amides is 1. The third kappa shape index (κ3) is 4.07. The summed E-state index contributed by atoms with van der Waals surface area (Å²) in [6.45, 7) is 0.214. The van der Waals surface area contributed by atoms with Gasteiger partial charge in [-0.3, -0.25) is 10.1 Å². The van der Waals surface area contributed by atoms with Crippen LogP contribution >= 0.6 is 11.3 Å². The first-order chi connectivity index (χ1) is 13.7. The Morgan fingerprint density at radius 1 is 1.07 bits per heavy atom. The van der Waals surface area contributed by atoms with Gasteiger partial charge < -0.3 is 9.15 Å². The fourth-order valence-electron chi connectivity index (χ4n) is 2.46. The van der Waals surface area contributed by atoms with Gasteiger partial charge >= 0.3 is 0 Å². The number of ether oxygens (including phenoxy) is 1. The number of hydrogen-bond acceptors (Lipinski definition) is 6. The van der Waals surface area contributed by atoms with E-state index in [2.05, 4.69) is 15.5 Å². The second-order valence-electron chi connectivity index (χ2n) is 5.76. The van der Waals surface area contributed by atoms with Crippen LogP contribution in [0.2, 0.25) is 0 Å². The minimum atomic E-state index is -0.364. The summed E-state index contributed by atoms with van der Waals surface area (Å²) < 4.78 is 24.0. The van der Waals surface area contributed by atoms with Gasteiger partial charge in [0, 0.05) is 0 Å². The topological polar surface area (TPSA) is 77.3 Å².